The van der Waals surface area contributed by atoms with Gasteiger partial charge in [-0.2, -0.15) is 0 Å². The zero-order chi connectivity index (χ0) is 2.00. The van der Waals surface area contributed by atoms with E-state index in [1.807, 2.05) is 0 Å². The van der Waals surface area contributed by atoms with Crippen molar-refractivity contribution in [2.24, 2.45) is 0 Å². The second-order valence-electron chi connectivity index (χ2n) is 0. The second-order valence-corrected chi connectivity index (χ2v) is 0. The molecule has 3 heteroatoms. The van der Waals surface area contributed by atoms with Crippen LogP contribution >= 0.6 is 28.3 Å². The van der Waals surface area contributed by atoms with Crippen LogP contribution in [0.15, 0.2) is 0 Å². The van der Waals surface area contributed by atoms with E-state index in [1.54, 1.807) is 0 Å². The maximum Gasteiger partial charge on any atom is 0 e. The van der Waals surface area contributed by atoms with Gasteiger partial charge in [-0.1, -0.05) is 29.7 Å². The molecule has 7 heavy (non-hydrogen) atoms. The molecule has 0 rings (SSSR count). The summed E-state index contributed by atoms with van der Waals surface area (Å²) in [5.41, 5.74) is 0. The van der Waals surface area contributed by atoms with E-state index in [0.29, 0.717) is 0 Å². The highest BCUT2D eigenvalue weighted by Crippen LogP contribution is 1.85. The van der Waals surface area contributed by atoms with Crippen molar-refractivity contribution in [3.8, 4) is 0 Å². The highest BCUT2D eigenvalue weighted by Gasteiger charge is 1.00. The van der Waals surface area contributed by atoms with Gasteiger partial charge in [0.05, 0.1) is 0 Å². The van der Waals surface area contributed by atoms with Crippen molar-refractivity contribution in [2.75, 3.05) is 0 Å². The molecule has 0 aromatic rings. The summed E-state index contributed by atoms with van der Waals surface area (Å²) >= 11 is 5.50. The Kier molecular flexibility index (Phi) is 4210. The van der Waals surface area contributed by atoms with Crippen molar-refractivity contribution >= 4 is 28.3 Å². The van der Waals surface area contributed by atoms with Crippen molar-refractivity contribution in [2.45, 2.75) is 29.7 Å². The van der Waals surface area contributed by atoms with Crippen molar-refractivity contribution in [1.29, 1.82) is 0 Å². The summed E-state index contributed by atoms with van der Waals surface area (Å²) in [7, 11) is 0. The molecule has 54 valence electrons. The smallest absolute Gasteiger partial charge is 0 e. The summed E-state index contributed by atoms with van der Waals surface area (Å²) < 4.78 is 0. The van der Waals surface area contributed by atoms with E-state index in [1.165, 1.54) is 0 Å². The van der Waals surface area contributed by atoms with Crippen LogP contribution in [0, 0.1) is 0 Å². The Labute approximate surface area is 63.7 Å². The van der Waals surface area contributed by atoms with Gasteiger partial charge >= 0.3 is 0 Å². The Morgan fingerprint density at radius 1 is 0.571 bits per heavy atom. The Morgan fingerprint density at radius 3 is 0.571 bits per heavy atom. The fourth-order valence-corrected chi connectivity index (χ4v) is 0. The lowest BCUT2D eigenvalue weighted by Crippen LogP contribution is -0.289. The first kappa shape index (κ1) is 103. The van der Waals surface area contributed by atoms with Gasteiger partial charge in [0.2, 0.25) is 0 Å². The summed E-state index contributed by atoms with van der Waals surface area (Å²) in [5, 5.41) is 0. The van der Waals surface area contributed by atoms with Crippen molar-refractivity contribution in [3.63, 3.8) is 0 Å². The summed E-state index contributed by atoms with van der Waals surface area (Å²) in [4.78, 5) is 0. The molecule has 0 aliphatic carbocycles. The molecule has 0 radical (unpaired) electrons. The van der Waals surface area contributed by atoms with Gasteiger partial charge in [-0.3, -0.25) is 0 Å². The maximum absolute atomic E-state index is 2.75. The van der Waals surface area contributed by atoms with Crippen LogP contribution in [0.5, 0.6) is 0 Å². The average molecular weight is 242 g/mol. The van der Waals surface area contributed by atoms with Gasteiger partial charge in [0.25, 0.3) is 0 Å². The van der Waals surface area contributed by atoms with Gasteiger partial charge in [0.15, 0.2) is 0 Å². The van der Waals surface area contributed by atoms with Crippen LogP contribution in [0.2, 0.25) is 0 Å². The van der Waals surface area contributed by atoms with E-state index in [9.17, 15) is 0 Å². The third kappa shape index (κ3) is 198. The third-order valence-corrected chi connectivity index (χ3v) is 0. The summed E-state index contributed by atoms with van der Waals surface area (Å²) in [6, 6.07) is 0. The minimum absolute atomic E-state index is 0. The van der Waals surface area contributed by atoms with Gasteiger partial charge in [0.1, 0.15) is 0 Å². The minimum atomic E-state index is 0. The van der Waals surface area contributed by atoms with Gasteiger partial charge in [-0.15, -0.1) is 0 Å². The van der Waals surface area contributed by atoms with Crippen LogP contribution in [0.25, 0.3) is 0 Å². The Bertz CT molecular complexity index is 9.65. The standard InChI is InChI=1S/4CH4.Br2.H2O/c;;;;1-2;/h4*1H4;;1H2. The molecule has 0 bridgehead atoms. The zero-order valence-corrected chi connectivity index (χ0v) is 4.43. The van der Waals surface area contributed by atoms with Gasteiger partial charge in [-0.25, -0.2) is 0 Å². The number of hydrogen-bond donors (Lipinski definition) is 0. The first-order valence-corrected chi connectivity index (χ1v) is 3.86. The lowest BCUT2D eigenvalue weighted by Gasteiger charge is -1.000. The minimum Gasteiger partial charge on any atom is -0.412 e. The number of halogens is 2. The molecule has 0 fully saturated rings. The van der Waals surface area contributed by atoms with E-state index in [-0.39, 0.29) is 35.2 Å². The maximum atomic E-state index is 2.75. The Morgan fingerprint density at radius 2 is 0.571 bits per heavy atom. The second kappa shape index (κ2) is 287. The van der Waals surface area contributed by atoms with Crippen molar-refractivity contribution < 1.29 is 5.48 Å². The molecule has 0 spiro atoms. The fourth-order valence-electron chi connectivity index (χ4n) is 0. The molecule has 0 aliphatic heterocycles. The topological polar surface area (TPSA) is 31.5 Å². The van der Waals surface area contributed by atoms with Crippen LogP contribution in [0.1, 0.15) is 29.7 Å². The van der Waals surface area contributed by atoms with E-state index in [2.05, 4.69) is 28.3 Å². The van der Waals surface area contributed by atoms with Crippen LogP contribution in [0.4, 0.5) is 0 Å². The molecule has 0 heterocycles. The van der Waals surface area contributed by atoms with Gasteiger partial charge in [-0.05, 0) is 0 Å². The molecule has 0 aromatic carbocycles. The predicted octanol–water partition coefficient (Wildman–Crippen LogP) is 3.41. The van der Waals surface area contributed by atoms with Crippen LogP contribution in [0.3, 0.4) is 0 Å². The van der Waals surface area contributed by atoms with Crippen molar-refractivity contribution in [1.82, 2.24) is 0 Å². The number of hydrogen-bond acceptors (Lipinski definition) is 0. The first-order valence-electron chi connectivity index (χ1n) is 0.143. The molecule has 0 saturated carbocycles. The molecule has 2 N–H and O–H groups in total. The lowest BCUT2D eigenvalue weighted by molar-refractivity contribution is 0.824. The number of rotatable bonds is 0. The molecule has 1 nitrogen and oxygen atoms in total. The fraction of sp³-hybridized carbons (Fsp3) is 1.00. The highest BCUT2D eigenvalue weighted by atomic mass is 80.9. The largest absolute Gasteiger partial charge is 0.412 e. The summed E-state index contributed by atoms with van der Waals surface area (Å²) in [6.07, 6.45) is 0. The monoisotopic (exact) mass is 240 g/mol. The Hall–Kier alpha value is 0.920. The first-order chi connectivity index (χ1) is 1.00. The molecule has 0 saturated heterocycles. The third-order valence-electron chi connectivity index (χ3n) is 0. The summed E-state index contributed by atoms with van der Waals surface area (Å²) in [5.74, 6) is 0. The highest BCUT2D eigenvalue weighted by molar-refractivity contribution is 9.93. The molecular weight excluding hydrogens is 224 g/mol. The lowest BCUT2D eigenvalue weighted by atomic mass is 12.0. The van der Waals surface area contributed by atoms with Gasteiger partial charge in [0, 0.05) is 28.3 Å². The Balaban J connectivity index is -0.000000000500. The predicted molar refractivity (Wildman–Crippen MR) is 48.4 cm³/mol. The molecule has 0 atom stereocenters. The molecule has 0 amide bonds. The average Bonchev–Trinajstić information content (AvgIpc) is 1.00. The van der Waals surface area contributed by atoms with Crippen LogP contribution < -0.4 is 0 Å². The normalized spacial score (nSPS) is 0.857. The van der Waals surface area contributed by atoms with E-state index in [0.717, 1.165) is 0 Å². The zero-order valence-electron chi connectivity index (χ0n) is 1.26. The molecule has 0 aliphatic rings. The van der Waals surface area contributed by atoms with Crippen molar-refractivity contribution in [3.05, 3.63) is 0 Å². The van der Waals surface area contributed by atoms with Crippen LogP contribution in [-0.4, -0.2) is 5.48 Å². The SMILES string of the molecule is BrBr.C.C.C.C.O. The van der Waals surface area contributed by atoms with E-state index < -0.39 is 0 Å². The van der Waals surface area contributed by atoms with E-state index >= 15 is 0 Å². The summed E-state index contributed by atoms with van der Waals surface area (Å²) in [6.45, 7) is 0. The molecule has 0 unspecified atom stereocenters. The molecule has 0 aromatic heterocycles. The van der Waals surface area contributed by atoms with Gasteiger partial charge < -0.3 is 5.48 Å². The quantitative estimate of drug-likeness (QED) is 0.623. The van der Waals surface area contributed by atoms with Crippen LogP contribution in [-0.2, 0) is 0 Å². The molecular formula is C4H18Br2O. The van der Waals surface area contributed by atoms with E-state index in [4.69, 9.17) is 0 Å².